The Labute approximate surface area is 127 Å². The van der Waals surface area contributed by atoms with Crippen molar-refractivity contribution in [3.05, 3.63) is 33.1 Å². The van der Waals surface area contributed by atoms with E-state index in [-0.39, 0.29) is 22.5 Å². The highest BCUT2D eigenvalue weighted by Crippen LogP contribution is 2.26. The van der Waals surface area contributed by atoms with Gasteiger partial charge in [-0.1, -0.05) is 11.6 Å². The SMILES string of the molecule is CC1CN(C(=O)c2cc(Cl)ncc2[N+](=O)[O-])CC(C)(C)O1. The summed E-state index contributed by atoms with van der Waals surface area (Å²) in [4.78, 5) is 28.2. The third kappa shape index (κ3) is 3.48. The first-order valence-corrected chi connectivity index (χ1v) is 6.84. The molecule has 1 saturated heterocycles. The Bertz CT molecular complexity index is 591. The molecule has 1 aliphatic rings. The number of nitro groups is 1. The van der Waals surface area contributed by atoms with Gasteiger partial charge in [0.15, 0.2) is 0 Å². The number of rotatable bonds is 2. The van der Waals surface area contributed by atoms with Crippen molar-refractivity contribution in [2.24, 2.45) is 0 Å². The topological polar surface area (TPSA) is 85.6 Å². The molecule has 7 nitrogen and oxygen atoms in total. The van der Waals surface area contributed by atoms with Gasteiger partial charge in [0.25, 0.3) is 11.6 Å². The molecule has 0 aliphatic carbocycles. The van der Waals surface area contributed by atoms with E-state index in [1.165, 1.54) is 6.07 Å². The standard InChI is InChI=1S/C13H16ClN3O4/c1-8-6-16(7-13(2,3)21-8)12(18)9-4-11(14)15-5-10(9)17(19)20/h4-5,8H,6-7H2,1-3H3. The van der Waals surface area contributed by atoms with E-state index in [0.717, 1.165) is 6.20 Å². The molecule has 0 bridgehead atoms. The fraction of sp³-hybridized carbons (Fsp3) is 0.538. The molecule has 1 aliphatic heterocycles. The van der Waals surface area contributed by atoms with E-state index in [2.05, 4.69) is 4.98 Å². The minimum Gasteiger partial charge on any atom is -0.369 e. The Morgan fingerprint density at radius 2 is 2.29 bits per heavy atom. The second kappa shape index (κ2) is 5.57. The predicted octanol–water partition coefficient (Wildman–Crippen LogP) is 2.28. The summed E-state index contributed by atoms with van der Waals surface area (Å²) in [6, 6.07) is 1.23. The van der Waals surface area contributed by atoms with Crippen molar-refractivity contribution in [3.63, 3.8) is 0 Å². The van der Waals surface area contributed by atoms with Gasteiger partial charge in [0.1, 0.15) is 16.9 Å². The largest absolute Gasteiger partial charge is 0.369 e. The van der Waals surface area contributed by atoms with Crippen molar-refractivity contribution in [1.82, 2.24) is 9.88 Å². The smallest absolute Gasteiger partial charge is 0.300 e. The molecule has 1 fully saturated rings. The van der Waals surface area contributed by atoms with Crippen molar-refractivity contribution in [2.75, 3.05) is 13.1 Å². The highest BCUT2D eigenvalue weighted by molar-refractivity contribution is 6.29. The maximum atomic E-state index is 12.6. The van der Waals surface area contributed by atoms with Crippen LogP contribution in [0, 0.1) is 10.1 Å². The Balaban J connectivity index is 2.36. The summed E-state index contributed by atoms with van der Waals surface area (Å²) in [6.45, 7) is 6.33. The van der Waals surface area contributed by atoms with Crippen LogP contribution in [0.15, 0.2) is 12.3 Å². The monoisotopic (exact) mass is 313 g/mol. The molecular formula is C13H16ClN3O4. The number of halogens is 1. The zero-order chi connectivity index (χ0) is 15.8. The van der Waals surface area contributed by atoms with E-state index in [9.17, 15) is 14.9 Å². The minimum atomic E-state index is -0.633. The number of pyridine rings is 1. The van der Waals surface area contributed by atoms with Crippen LogP contribution in [0.2, 0.25) is 5.15 Å². The number of ether oxygens (including phenoxy) is 1. The summed E-state index contributed by atoms with van der Waals surface area (Å²) >= 11 is 5.76. The second-order valence-corrected chi connectivity index (χ2v) is 6.04. The van der Waals surface area contributed by atoms with Crippen LogP contribution in [-0.2, 0) is 4.74 Å². The quantitative estimate of drug-likeness (QED) is 0.475. The predicted molar refractivity (Wildman–Crippen MR) is 76.4 cm³/mol. The van der Waals surface area contributed by atoms with E-state index in [0.29, 0.717) is 13.1 Å². The van der Waals surface area contributed by atoms with Crippen LogP contribution in [0.25, 0.3) is 0 Å². The van der Waals surface area contributed by atoms with Crippen LogP contribution >= 0.6 is 11.6 Å². The first-order chi connectivity index (χ1) is 9.69. The fourth-order valence-electron chi connectivity index (χ4n) is 2.52. The van der Waals surface area contributed by atoms with E-state index in [1.807, 2.05) is 20.8 Å². The highest BCUT2D eigenvalue weighted by Gasteiger charge is 2.36. The molecule has 2 heterocycles. The summed E-state index contributed by atoms with van der Waals surface area (Å²) in [5.41, 5.74) is -0.898. The molecule has 1 amide bonds. The van der Waals surface area contributed by atoms with Crippen LogP contribution in [0.3, 0.4) is 0 Å². The zero-order valence-electron chi connectivity index (χ0n) is 12.0. The van der Waals surface area contributed by atoms with E-state index >= 15 is 0 Å². The summed E-state index contributed by atoms with van der Waals surface area (Å²) in [5.74, 6) is -0.436. The molecule has 0 radical (unpaired) electrons. The van der Waals surface area contributed by atoms with Gasteiger partial charge in [-0.05, 0) is 26.8 Å². The van der Waals surface area contributed by atoms with Crippen LogP contribution < -0.4 is 0 Å². The molecule has 8 heteroatoms. The molecule has 114 valence electrons. The van der Waals surface area contributed by atoms with Crippen molar-refractivity contribution < 1.29 is 14.5 Å². The van der Waals surface area contributed by atoms with Gasteiger partial charge >= 0.3 is 0 Å². The summed E-state index contributed by atoms with van der Waals surface area (Å²) in [6.07, 6.45) is 0.860. The van der Waals surface area contributed by atoms with Crippen LogP contribution in [-0.4, -0.2) is 45.5 Å². The van der Waals surface area contributed by atoms with Crippen LogP contribution in [0.4, 0.5) is 5.69 Å². The molecule has 1 aromatic heterocycles. The molecule has 0 spiro atoms. The second-order valence-electron chi connectivity index (χ2n) is 5.66. The summed E-state index contributed by atoms with van der Waals surface area (Å²) in [7, 11) is 0. The van der Waals surface area contributed by atoms with E-state index < -0.39 is 16.4 Å². The van der Waals surface area contributed by atoms with Gasteiger partial charge in [-0.3, -0.25) is 14.9 Å². The van der Waals surface area contributed by atoms with Gasteiger partial charge in [-0.25, -0.2) is 4.98 Å². The molecular weight excluding hydrogens is 298 g/mol. The zero-order valence-corrected chi connectivity index (χ0v) is 12.8. The Hall–Kier alpha value is -1.73. The third-order valence-corrected chi connectivity index (χ3v) is 3.34. The summed E-state index contributed by atoms with van der Waals surface area (Å²) in [5, 5.41) is 11.1. The fourth-order valence-corrected chi connectivity index (χ4v) is 2.68. The number of amides is 1. The first-order valence-electron chi connectivity index (χ1n) is 6.46. The first kappa shape index (κ1) is 15.7. The average Bonchev–Trinajstić information content (AvgIpc) is 2.34. The van der Waals surface area contributed by atoms with Crippen molar-refractivity contribution >= 4 is 23.2 Å². The molecule has 0 N–H and O–H groups in total. The number of carbonyl (C=O) groups excluding carboxylic acids is 1. The van der Waals surface area contributed by atoms with Crippen LogP contribution in [0.1, 0.15) is 31.1 Å². The minimum absolute atomic E-state index is 0.0459. The summed E-state index contributed by atoms with van der Waals surface area (Å²) < 4.78 is 5.73. The lowest BCUT2D eigenvalue weighted by Crippen LogP contribution is -2.53. The van der Waals surface area contributed by atoms with Gasteiger partial charge in [-0.2, -0.15) is 0 Å². The molecule has 21 heavy (non-hydrogen) atoms. The number of hydrogen-bond acceptors (Lipinski definition) is 5. The molecule has 2 rings (SSSR count). The number of aromatic nitrogens is 1. The van der Waals surface area contributed by atoms with Crippen molar-refractivity contribution in [2.45, 2.75) is 32.5 Å². The van der Waals surface area contributed by atoms with E-state index in [1.54, 1.807) is 4.90 Å². The number of nitrogens with zero attached hydrogens (tertiary/aromatic N) is 3. The molecule has 0 saturated carbocycles. The van der Waals surface area contributed by atoms with Gasteiger partial charge in [-0.15, -0.1) is 0 Å². The third-order valence-electron chi connectivity index (χ3n) is 3.13. The van der Waals surface area contributed by atoms with Gasteiger partial charge in [0.05, 0.1) is 16.6 Å². The lowest BCUT2D eigenvalue weighted by molar-refractivity contribution is -0.385. The molecule has 0 aromatic carbocycles. The van der Waals surface area contributed by atoms with Crippen molar-refractivity contribution in [1.29, 1.82) is 0 Å². The van der Waals surface area contributed by atoms with Gasteiger partial charge in [0.2, 0.25) is 0 Å². The van der Waals surface area contributed by atoms with Gasteiger partial charge in [0, 0.05) is 13.1 Å². The van der Waals surface area contributed by atoms with Gasteiger partial charge < -0.3 is 9.64 Å². The molecule has 1 atom stereocenters. The number of carbonyl (C=O) groups is 1. The van der Waals surface area contributed by atoms with E-state index in [4.69, 9.17) is 16.3 Å². The normalized spacial score (nSPS) is 21.1. The maximum Gasteiger partial charge on any atom is 0.300 e. The average molecular weight is 314 g/mol. The van der Waals surface area contributed by atoms with Crippen LogP contribution in [0.5, 0.6) is 0 Å². The molecule has 1 unspecified atom stereocenters. The molecule has 1 aromatic rings. The highest BCUT2D eigenvalue weighted by atomic mass is 35.5. The Kier molecular flexibility index (Phi) is 4.15. The van der Waals surface area contributed by atoms with Crippen molar-refractivity contribution in [3.8, 4) is 0 Å². The number of hydrogen-bond donors (Lipinski definition) is 0. The lowest BCUT2D eigenvalue weighted by atomic mass is 10.0. The maximum absolute atomic E-state index is 12.6. The lowest BCUT2D eigenvalue weighted by Gasteiger charge is -2.41. The Morgan fingerprint density at radius 3 is 2.86 bits per heavy atom. The Morgan fingerprint density at radius 1 is 1.62 bits per heavy atom. The number of morpholine rings is 1.